The van der Waals surface area contributed by atoms with Gasteiger partial charge in [-0.05, 0) is 36.6 Å². The van der Waals surface area contributed by atoms with Crippen molar-refractivity contribution in [1.29, 1.82) is 0 Å². The summed E-state index contributed by atoms with van der Waals surface area (Å²) >= 11 is 0. The van der Waals surface area contributed by atoms with Crippen LogP contribution in [0.3, 0.4) is 0 Å². The standard InChI is InChI=1S/C26H24F2N8O2/c27-14-9-17(28)22-19(10-14)34-26(35-22)32-15-7-5-13(6-8-15)21-16(11-36-23(21)24(29)30-12-31-36)25(38)33-18-3-1-2-4-20(18)37/h5-12,18,20,37H,1-4H2,(H,33,38)(H2,29,30,31)(H2,32,34,35). The van der Waals surface area contributed by atoms with Crippen molar-refractivity contribution in [1.82, 2.24) is 29.9 Å². The van der Waals surface area contributed by atoms with Crippen LogP contribution in [0.15, 0.2) is 48.9 Å². The Balaban J connectivity index is 1.33. The van der Waals surface area contributed by atoms with E-state index in [9.17, 15) is 18.7 Å². The molecule has 0 bridgehead atoms. The van der Waals surface area contributed by atoms with Crippen molar-refractivity contribution in [3.8, 4) is 11.1 Å². The topological polar surface area (TPSA) is 146 Å². The van der Waals surface area contributed by atoms with Gasteiger partial charge in [0.25, 0.3) is 5.91 Å². The van der Waals surface area contributed by atoms with E-state index >= 15 is 0 Å². The second-order valence-electron chi connectivity index (χ2n) is 9.36. The third-order valence-corrected chi connectivity index (χ3v) is 6.83. The molecule has 2 atom stereocenters. The van der Waals surface area contributed by atoms with Gasteiger partial charge >= 0.3 is 0 Å². The highest BCUT2D eigenvalue weighted by atomic mass is 19.1. The number of aliphatic hydroxyl groups is 1. The Labute approximate surface area is 214 Å². The van der Waals surface area contributed by atoms with Crippen LogP contribution in [0.5, 0.6) is 0 Å². The van der Waals surface area contributed by atoms with Crippen LogP contribution < -0.4 is 16.4 Å². The second-order valence-corrected chi connectivity index (χ2v) is 9.36. The van der Waals surface area contributed by atoms with Crippen LogP contribution in [-0.4, -0.2) is 47.7 Å². The summed E-state index contributed by atoms with van der Waals surface area (Å²) in [4.78, 5) is 24.5. The van der Waals surface area contributed by atoms with Crippen LogP contribution in [0.2, 0.25) is 0 Å². The molecule has 2 aromatic carbocycles. The van der Waals surface area contributed by atoms with E-state index < -0.39 is 17.7 Å². The van der Waals surface area contributed by atoms with E-state index in [1.807, 2.05) is 0 Å². The second kappa shape index (κ2) is 9.38. The number of nitrogen functional groups attached to an aromatic ring is 1. The number of carbonyl (C=O) groups is 1. The zero-order chi connectivity index (χ0) is 26.4. The highest BCUT2D eigenvalue weighted by Gasteiger charge is 2.28. The fraction of sp³-hybridized carbons (Fsp3) is 0.231. The molecular formula is C26H24F2N8O2. The molecule has 1 fully saturated rings. The molecule has 2 unspecified atom stereocenters. The number of anilines is 3. The molecule has 38 heavy (non-hydrogen) atoms. The first-order valence-electron chi connectivity index (χ1n) is 12.2. The average Bonchev–Trinajstić information content (AvgIpc) is 3.48. The van der Waals surface area contributed by atoms with Crippen molar-refractivity contribution in [3.05, 3.63) is 66.1 Å². The van der Waals surface area contributed by atoms with Crippen molar-refractivity contribution in [3.63, 3.8) is 0 Å². The molecule has 1 amide bonds. The smallest absolute Gasteiger partial charge is 0.253 e. The quantitative estimate of drug-likeness (QED) is 0.237. The van der Waals surface area contributed by atoms with Crippen molar-refractivity contribution in [2.45, 2.75) is 37.8 Å². The maximum Gasteiger partial charge on any atom is 0.253 e. The fourth-order valence-electron chi connectivity index (χ4n) is 4.98. The Morgan fingerprint density at radius 1 is 1.16 bits per heavy atom. The molecule has 194 valence electrons. The van der Waals surface area contributed by atoms with Crippen LogP contribution in [-0.2, 0) is 0 Å². The number of nitrogens with two attached hydrogens (primary N) is 1. The number of halogens is 2. The van der Waals surface area contributed by atoms with Crippen LogP contribution >= 0.6 is 0 Å². The van der Waals surface area contributed by atoms with E-state index in [-0.39, 0.29) is 34.7 Å². The molecule has 6 N–H and O–H groups in total. The number of aromatic amines is 1. The van der Waals surface area contributed by atoms with Crippen molar-refractivity contribution in [2.24, 2.45) is 0 Å². The zero-order valence-electron chi connectivity index (χ0n) is 20.1. The minimum atomic E-state index is -0.758. The van der Waals surface area contributed by atoms with Crippen LogP contribution in [0, 0.1) is 11.6 Å². The van der Waals surface area contributed by atoms with E-state index in [0.717, 1.165) is 18.9 Å². The number of hydrogen-bond donors (Lipinski definition) is 5. The molecule has 1 aliphatic carbocycles. The van der Waals surface area contributed by atoms with Gasteiger partial charge in [-0.15, -0.1) is 0 Å². The number of carbonyl (C=O) groups excluding carboxylic acids is 1. The summed E-state index contributed by atoms with van der Waals surface area (Å²) in [6.07, 6.45) is 5.54. The lowest BCUT2D eigenvalue weighted by Gasteiger charge is -2.28. The summed E-state index contributed by atoms with van der Waals surface area (Å²) in [7, 11) is 0. The number of fused-ring (bicyclic) bond motifs is 2. The lowest BCUT2D eigenvalue weighted by molar-refractivity contribution is 0.0718. The van der Waals surface area contributed by atoms with Crippen molar-refractivity contribution < 1.29 is 18.7 Å². The predicted molar refractivity (Wildman–Crippen MR) is 138 cm³/mol. The molecule has 1 saturated carbocycles. The van der Waals surface area contributed by atoms with E-state index in [1.165, 1.54) is 16.9 Å². The normalized spacial score (nSPS) is 17.7. The third kappa shape index (κ3) is 4.28. The monoisotopic (exact) mass is 518 g/mol. The SMILES string of the molecule is Nc1ncnn2cc(C(=O)NC3CCCCC3O)c(-c3ccc(Nc4nc5c(F)cc(F)cc5[nH]4)cc3)c12. The molecule has 0 saturated heterocycles. The summed E-state index contributed by atoms with van der Waals surface area (Å²) in [6, 6.07) is 8.72. The number of benzene rings is 2. The Kier molecular flexibility index (Phi) is 5.87. The summed E-state index contributed by atoms with van der Waals surface area (Å²) < 4.78 is 29.1. The summed E-state index contributed by atoms with van der Waals surface area (Å²) in [6.45, 7) is 0. The Morgan fingerprint density at radius 3 is 2.74 bits per heavy atom. The lowest BCUT2D eigenvalue weighted by Crippen LogP contribution is -2.45. The minimum absolute atomic E-state index is 0.0278. The molecule has 0 radical (unpaired) electrons. The van der Waals surface area contributed by atoms with Crippen LogP contribution in [0.1, 0.15) is 36.0 Å². The van der Waals surface area contributed by atoms with E-state index in [2.05, 4.69) is 30.7 Å². The summed E-state index contributed by atoms with van der Waals surface area (Å²) in [5.41, 5.74) is 9.14. The Morgan fingerprint density at radius 2 is 1.95 bits per heavy atom. The van der Waals surface area contributed by atoms with Gasteiger partial charge < -0.3 is 26.5 Å². The van der Waals surface area contributed by atoms with Gasteiger partial charge in [0.05, 0.1) is 23.2 Å². The van der Waals surface area contributed by atoms with Gasteiger partial charge in [0.15, 0.2) is 11.6 Å². The Bertz CT molecular complexity index is 1660. The number of imidazole rings is 1. The molecular weight excluding hydrogens is 494 g/mol. The average molecular weight is 519 g/mol. The minimum Gasteiger partial charge on any atom is -0.391 e. The Hall–Kier alpha value is -4.58. The molecule has 10 nitrogen and oxygen atoms in total. The van der Waals surface area contributed by atoms with Gasteiger partial charge in [-0.25, -0.2) is 23.3 Å². The van der Waals surface area contributed by atoms with Crippen molar-refractivity contribution in [2.75, 3.05) is 11.1 Å². The molecule has 1 aliphatic rings. The number of rotatable bonds is 5. The van der Waals surface area contributed by atoms with Crippen LogP contribution in [0.4, 0.5) is 26.2 Å². The first kappa shape index (κ1) is 23.8. The van der Waals surface area contributed by atoms with E-state index in [4.69, 9.17) is 5.73 Å². The molecule has 5 aromatic rings. The molecule has 3 heterocycles. The molecule has 0 aliphatic heterocycles. The first-order chi connectivity index (χ1) is 18.4. The largest absolute Gasteiger partial charge is 0.391 e. The van der Waals surface area contributed by atoms with Gasteiger partial charge in [-0.2, -0.15) is 5.10 Å². The van der Waals surface area contributed by atoms with Gasteiger partial charge in [0.1, 0.15) is 23.2 Å². The van der Waals surface area contributed by atoms with Gasteiger partial charge in [-0.3, -0.25) is 4.79 Å². The summed E-state index contributed by atoms with van der Waals surface area (Å²) in [5.74, 6) is -1.34. The van der Waals surface area contributed by atoms with Crippen molar-refractivity contribution >= 4 is 39.9 Å². The zero-order valence-corrected chi connectivity index (χ0v) is 20.1. The number of nitrogens with zero attached hydrogens (tertiary/aromatic N) is 4. The highest BCUT2D eigenvalue weighted by Crippen LogP contribution is 2.34. The van der Waals surface area contributed by atoms with E-state index in [1.54, 1.807) is 30.5 Å². The van der Waals surface area contributed by atoms with Gasteiger partial charge in [0.2, 0.25) is 5.95 Å². The number of aliphatic hydroxyl groups excluding tert-OH is 1. The molecule has 3 aromatic heterocycles. The summed E-state index contributed by atoms with van der Waals surface area (Å²) in [5, 5.41) is 20.6. The van der Waals surface area contributed by atoms with E-state index in [0.29, 0.717) is 40.7 Å². The molecule has 12 heteroatoms. The number of H-pyrrole nitrogens is 1. The predicted octanol–water partition coefficient (Wildman–Crippen LogP) is 3.91. The molecule has 6 rings (SSSR count). The lowest BCUT2D eigenvalue weighted by atomic mass is 9.92. The van der Waals surface area contributed by atoms with Gasteiger partial charge in [-0.1, -0.05) is 25.0 Å². The van der Waals surface area contributed by atoms with Crippen LogP contribution in [0.25, 0.3) is 27.7 Å². The maximum atomic E-state index is 14.0. The maximum absolute atomic E-state index is 14.0. The third-order valence-electron chi connectivity index (χ3n) is 6.83. The highest BCUT2D eigenvalue weighted by molar-refractivity contribution is 6.07. The number of nitrogens with one attached hydrogen (secondary N) is 3. The van der Waals surface area contributed by atoms with Gasteiger partial charge in [0, 0.05) is 23.5 Å². The first-order valence-corrected chi connectivity index (χ1v) is 12.2. The number of amides is 1. The molecule has 0 spiro atoms. The number of hydrogen-bond acceptors (Lipinski definition) is 7. The fourth-order valence-corrected chi connectivity index (χ4v) is 4.98. The number of aromatic nitrogens is 5.